The smallest absolute Gasteiger partial charge is 0.119 e. The van der Waals surface area contributed by atoms with Gasteiger partial charge in [-0.1, -0.05) is 6.08 Å². The van der Waals surface area contributed by atoms with Crippen LogP contribution in [0.25, 0.3) is 105 Å². The molecule has 4 aromatic heterocycles. The van der Waals surface area contributed by atoms with Gasteiger partial charge in [0, 0.05) is 56.9 Å². The molecule has 76 heavy (non-hydrogen) atoms. The van der Waals surface area contributed by atoms with Gasteiger partial charge in [-0.2, -0.15) is 5.26 Å². The van der Waals surface area contributed by atoms with Gasteiger partial charge in [-0.15, -0.1) is 0 Å². The van der Waals surface area contributed by atoms with E-state index in [1.54, 1.807) is 56.9 Å². The van der Waals surface area contributed by atoms with E-state index in [9.17, 15) is 5.26 Å². The third-order valence-corrected chi connectivity index (χ3v) is 15.3. The van der Waals surface area contributed by atoms with Gasteiger partial charge in [0.15, 0.2) is 0 Å². The molecule has 1 aliphatic rings. The van der Waals surface area contributed by atoms with Gasteiger partial charge in [0.25, 0.3) is 0 Å². The highest BCUT2D eigenvalue weighted by molar-refractivity contribution is 6.15. The Morgan fingerprint density at radius 3 is 1.00 bits per heavy atom. The van der Waals surface area contributed by atoms with E-state index in [1.807, 2.05) is 54.6 Å². The summed E-state index contributed by atoms with van der Waals surface area (Å²) in [6.07, 6.45) is 4.72. The first kappa shape index (κ1) is 46.3. The summed E-state index contributed by atoms with van der Waals surface area (Å²) in [4.78, 5) is 0. The van der Waals surface area contributed by atoms with E-state index < -0.39 is 0 Å². The number of nitrogens with zero attached hydrogens (tertiary/aromatic N) is 5. The minimum Gasteiger partial charge on any atom is -0.497 e. The SMILES string of the molecule is COc1ccc2c(c1)c1c(n2-c2cc(-n3c4ccc(OC)cc4c4cc(OC)ccc43)c(-n3c4ccc(OC)cc4c4cc(OC)ccc43)c(C#N)c2-n2c3ccc(OC)cc3c3cc(OC)ccc32)C=CC(OC)C1. The second-order valence-electron chi connectivity index (χ2n) is 18.8. The molecule has 8 aromatic carbocycles. The summed E-state index contributed by atoms with van der Waals surface area (Å²) in [6.45, 7) is 0. The van der Waals surface area contributed by atoms with Gasteiger partial charge in [-0.05, 0) is 145 Å². The molecule has 13 nitrogen and oxygen atoms in total. The Kier molecular flexibility index (Phi) is 10.9. The fraction of sp³-hybridized carbons (Fsp3) is 0.159. The number of hydrogen-bond donors (Lipinski definition) is 0. The molecule has 0 aliphatic heterocycles. The van der Waals surface area contributed by atoms with Crippen LogP contribution >= 0.6 is 0 Å². The molecular weight excluding hydrogens is 955 g/mol. The number of fused-ring (bicyclic) bond motifs is 12. The Hall–Kier alpha value is -9.51. The standard InChI is InChI=1S/C63H51N5O8/c1-69-35-9-17-52-43(25-35)44-26-36(70-2)10-18-53(44)65(52)60-33-61(66-54-19-11-37(71-3)27-45(54)46-28-38(72-4)12-20-55(46)66)63(68-58-23-15-41(75-7)31-49(58)50-32-42(76-8)16-24-59(50)68)51(34-64)62(60)67-56-21-13-39(73-5)29-47(56)48-30-40(74-6)14-22-57(48)67/h9-27,29-33,38H,28H2,1-8H3. The lowest BCUT2D eigenvalue weighted by Gasteiger charge is -2.26. The maximum Gasteiger partial charge on any atom is 0.119 e. The third-order valence-electron chi connectivity index (χ3n) is 15.3. The topological polar surface area (TPSA) is 117 Å². The first-order chi connectivity index (χ1) is 37.3. The Morgan fingerprint density at radius 2 is 0.684 bits per heavy atom. The molecule has 0 amide bonds. The first-order valence-electron chi connectivity index (χ1n) is 24.8. The summed E-state index contributed by atoms with van der Waals surface area (Å²) in [5.74, 6) is 4.91. The lowest BCUT2D eigenvalue weighted by molar-refractivity contribution is 0.141. The van der Waals surface area contributed by atoms with Gasteiger partial charge in [0.05, 0.1) is 117 Å². The lowest BCUT2D eigenvalue weighted by Crippen LogP contribution is -2.17. The van der Waals surface area contributed by atoms with E-state index in [4.69, 9.17) is 37.9 Å². The van der Waals surface area contributed by atoms with Gasteiger partial charge in [0.1, 0.15) is 51.9 Å². The molecule has 13 rings (SSSR count). The molecule has 0 saturated heterocycles. The molecule has 12 aromatic rings. The monoisotopic (exact) mass is 1010 g/mol. The number of rotatable bonds is 12. The molecule has 376 valence electrons. The van der Waals surface area contributed by atoms with Crippen molar-refractivity contribution in [2.24, 2.45) is 0 Å². The van der Waals surface area contributed by atoms with Crippen molar-refractivity contribution in [2.75, 3.05) is 56.9 Å². The van der Waals surface area contributed by atoms with E-state index >= 15 is 0 Å². The van der Waals surface area contributed by atoms with E-state index in [-0.39, 0.29) is 6.10 Å². The van der Waals surface area contributed by atoms with Gasteiger partial charge < -0.3 is 56.2 Å². The molecule has 0 spiro atoms. The van der Waals surface area contributed by atoms with E-state index in [0.717, 1.165) is 105 Å². The zero-order valence-electron chi connectivity index (χ0n) is 43.1. The van der Waals surface area contributed by atoms with Crippen LogP contribution in [0.3, 0.4) is 0 Å². The Morgan fingerprint density at radius 1 is 0.382 bits per heavy atom. The van der Waals surface area contributed by atoms with Crippen LogP contribution in [0.1, 0.15) is 16.8 Å². The first-order valence-corrected chi connectivity index (χ1v) is 24.8. The highest BCUT2D eigenvalue weighted by atomic mass is 16.5. The van der Waals surface area contributed by atoms with Crippen LogP contribution in [0, 0.1) is 11.3 Å². The highest BCUT2D eigenvalue weighted by Crippen LogP contribution is 2.49. The van der Waals surface area contributed by atoms with Crippen molar-refractivity contribution in [1.29, 1.82) is 5.26 Å². The van der Waals surface area contributed by atoms with Gasteiger partial charge in [-0.25, -0.2) is 0 Å². The van der Waals surface area contributed by atoms with Crippen LogP contribution in [-0.4, -0.2) is 81.3 Å². The fourth-order valence-electron chi connectivity index (χ4n) is 11.7. The molecule has 0 radical (unpaired) electrons. The Balaban J connectivity index is 1.32. The maximum absolute atomic E-state index is 12.7. The molecule has 0 N–H and O–H groups in total. The lowest BCUT2D eigenvalue weighted by atomic mass is 9.98. The predicted octanol–water partition coefficient (Wildman–Crippen LogP) is 13.4. The zero-order chi connectivity index (χ0) is 52.1. The molecule has 4 heterocycles. The van der Waals surface area contributed by atoms with E-state index in [0.29, 0.717) is 57.9 Å². The van der Waals surface area contributed by atoms with Crippen LogP contribution in [0.4, 0.5) is 0 Å². The largest absolute Gasteiger partial charge is 0.497 e. The van der Waals surface area contributed by atoms with Crippen molar-refractivity contribution in [3.8, 4) is 69.1 Å². The number of nitriles is 1. The molecule has 0 bridgehead atoms. The number of ether oxygens (including phenoxy) is 8. The van der Waals surface area contributed by atoms with Crippen molar-refractivity contribution in [3.63, 3.8) is 0 Å². The third kappa shape index (κ3) is 6.73. The number of methoxy groups -OCH3 is 8. The van der Waals surface area contributed by atoms with Crippen molar-refractivity contribution >= 4 is 82.4 Å². The average Bonchev–Trinajstić information content (AvgIpc) is 4.30. The normalized spacial score (nSPS) is 13.3. The highest BCUT2D eigenvalue weighted by Gasteiger charge is 2.33. The van der Waals surface area contributed by atoms with Crippen molar-refractivity contribution in [3.05, 3.63) is 156 Å². The Bertz CT molecular complexity index is 4290. The minimum absolute atomic E-state index is 0.161. The molecule has 0 fully saturated rings. The fourth-order valence-corrected chi connectivity index (χ4v) is 11.7. The summed E-state index contributed by atoms with van der Waals surface area (Å²) in [7, 11) is 13.5. The van der Waals surface area contributed by atoms with Crippen LogP contribution in [0.15, 0.2) is 140 Å². The van der Waals surface area contributed by atoms with Gasteiger partial charge >= 0.3 is 0 Å². The predicted molar refractivity (Wildman–Crippen MR) is 300 cm³/mol. The van der Waals surface area contributed by atoms with Crippen molar-refractivity contribution < 1.29 is 37.9 Å². The molecular formula is C63H51N5O8. The molecule has 1 aliphatic carbocycles. The molecule has 0 saturated carbocycles. The molecule has 1 atom stereocenters. The van der Waals surface area contributed by atoms with Crippen LogP contribution < -0.4 is 33.2 Å². The van der Waals surface area contributed by atoms with Crippen LogP contribution in [-0.2, 0) is 11.2 Å². The summed E-state index contributed by atoms with van der Waals surface area (Å²) >= 11 is 0. The van der Waals surface area contributed by atoms with Crippen LogP contribution in [0.2, 0.25) is 0 Å². The second-order valence-corrected chi connectivity index (χ2v) is 18.8. The Labute approximate surface area is 436 Å². The number of benzene rings is 8. The van der Waals surface area contributed by atoms with E-state index in [1.165, 1.54) is 0 Å². The number of hydrogen-bond acceptors (Lipinski definition) is 9. The van der Waals surface area contributed by atoms with E-state index in [2.05, 4.69) is 115 Å². The van der Waals surface area contributed by atoms with Crippen molar-refractivity contribution in [2.45, 2.75) is 12.5 Å². The van der Waals surface area contributed by atoms with Gasteiger partial charge in [0.2, 0.25) is 0 Å². The summed E-state index contributed by atoms with van der Waals surface area (Å²) in [6, 6.07) is 48.0. The second kappa shape index (κ2) is 17.9. The minimum atomic E-state index is -0.161. The maximum atomic E-state index is 12.7. The molecule has 13 heteroatoms. The summed E-state index contributed by atoms with van der Waals surface area (Å²) in [5.41, 5.74) is 11.3. The van der Waals surface area contributed by atoms with Gasteiger partial charge in [-0.3, -0.25) is 0 Å². The van der Waals surface area contributed by atoms with Crippen molar-refractivity contribution in [1.82, 2.24) is 18.3 Å². The quantitative estimate of drug-likeness (QED) is 0.118. The number of aromatic nitrogens is 4. The van der Waals surface area contributed by atoms with Crippen LogP contribution in [0.5, 0.6) is 40.2 Å². The summed E-state index contributed by atoms with van der Waals surface area (Å²) < 4.78 is 56.3. The zero-order valence-corrected chi connectivity index (χ0v) is 43.1. The average molecular weight is 1010 g/mol. The molecule has 1 unspecified atom stereocenters. The summed E-state index contributed by atoms with van der Waals surface area (Å²) in [5, 5.41) is 19.2.